The molecule has 0 aromatic heterocycles. The minimum Gasteiger partial charge on any atom is -0.392 e. The van der Waals surface area contributed by atoms with Crippen molar-refractivity contribution >= 4 is 0 Å². The highest BCUT2D eigenvalue weighted by Gasteiger charge is 2.22. The van der Waals surface area contributed by atoms with E-state index in [0.29, 0.717) is 17.8 Å². The van der Waals surface area contributed by atoms with Crippen LogP contribution in [0.3, 0.4) is 0 Å². The Balaban J connectivity index is 4.03. The highest BCUT2D eigenvalue weighted by Crippen LogP contribution is 2.22. The summed E-state index contributed by atoms with van der Waals surface area (Å²) >= 11 is 0. The van der Waals surface area contributed by atoms with E-state index >= 15 is 0 Å². The number of aliphatic hydroxyl groups is 1. The first-order chi connectivity index (χ1) is 8.00. The summed E-state index contributed by atoms with van der Waals surface area (Å²) in [7, 11) is 0. The molecule has 1 heteroatoms. The Hall–Kier alpha value is -0.300. The lowest BCUT2D eigenvalue weighted by molar-refractivity contribution is 0.0650. The first-order valence-electron chi connectivity index (χ1n) is 7.35. The van der Waals surface area contributed by atoms with Crippen molar-refractivity contribution in [1.29, 1.82) is 0 Å². The largest absolute Gasteiger partial charge is 0.392 e. The van der Waals surface area contributed by atoms with Crippen molar-refractivity contribution in [3.05, 3.63) is 12.2 Å². The van der Waals surface area contributed by atoms with Gasteiger partial charge in [0.2, 0.25) is 0 Å². The third-order valence-electron chi connectivity index (χ3n) is 3.43. The lowest BCUT2D eigenvalue weighted by Crippen LogP contribution is -2.28. The lowest BCUT2D eigenvalue weighted by Gasteiger charge is -2.26. The normalized spacial score (nSPS) is 16.0. The molecule has 0 aromatic rings. The summed E-state index contributed by atoms with van der Waals surface area (Å²) in [4.78, 5) is 0. The Labute approximate surface area is 108 Å². The van der Waals surface area contributed by atoms with E-state index in [2.05, 4.69) is 46.8 Å². The van der Waals surface area contributed by atoms with E-state index in [1.165, 1.54) is 25.7 Å². The van der Waals surface area contributed by atoms with E-state index in [9.17, 15) is 5.11 Å². The molecule has 0 saturated heterocycles. The summed E-state index contributed by atoms with van der Waals surface area (Å²) in [5, 5.41) is 10.1. The zero-order valence-electron chi connectivity index (χ0n) is 12.4. The fourth-order valence-electron chi connectivity index (χ4n) is 2.12. The third kappa shape index (κ3) is 7.59. The summed E-state index contributed by atoms with van der Waals surface area (Å²) in [6, 6.07) is 0. The molecule has 1 nitrogen and oxygen atoms in total. The molecule has 0 fully saturated rings. The van der Waals surface area contributed by atoms with Crippen LogP contribution in [-0.4, -0.2) is 11.2 Å². The van der Waals surface area contributed by atoms with Gasteiger partial charge < -0.3 is 5.11 Å². The van der Waals surface area contributed by atoms with Gasteiger partial charge in [0.1, 0.15) is 0 Å². The maximum atomic E-state index is 10.1. The average molecular weight is 240 g/mol. The van der Waals surface area contributed by atoms with Crippen LogP contribution >= 0.6 is 0 Å². The molecule has 0 spiro atoms. The molecular weight excluding hydrogens is 208 g/mol. The van der Waals surface area contributed by atoms with Crippen LogP contribution in [0.1, 0.15) is 66.7 Å². The molecule has 0 saturated carbocycles. The van der Waals surface area contributed by atoms with E-state index in [4.69, 9.17) is 0 Å². The second-order valence-corrected chi connectivity index (χ2v) is 5.83. The molecule has 102 valence electrons. The SMILES string of the molecule is CCCCCCC=CC(C(C)C)C(O)C(C)C. The van der Waals surface area contributed by atoms with Gasteiger partial charge in [-0.25, -0.2) is 0 Å². The second kappa shape index (κ2) is 9.70. The predicted octanol–water partition coefficient (Wildman–Crippen LogP) is 4.80. The molecule has 17 heavy (non-hydrogen) atoms. The van der Waals surface area contributed by atoms with Crippen LogP contribution in [0, 0.1) is 17.8 Å². The number of rotatable bonds is 9. The van der Waals surface area contributed by atoms with Crippen LogP contribution in [0.2, 0.25) is 0 Å². The van der Waals surface area contributed by atoms with Crippen molar-refractivity contribution in [2.75, 3.05) is 0 Å². The molecule has 0 radical (unpaired) electrons. The molecule has 0 aliphatic carbocycles. The molecule has 2 atom stereocenters. The van der Waals surface area contributed by atoms with Gasteiger partial charge in [-0.2, -0.15) is 0 Å². The van der Waals surface area contributed by atoms with Crippen molar-refractivity contribution in [1.82, 2.24) is 0 Å². The van der Waals surface area contributed by atoms with E-state index < -0.39 is 0 Å². The summed E-state index contributed by atoms with van der Waals surface area (Å²) in [5.41, 5.74) is 0. The second-order valence-electron chi connectivity index (χ2n) is 5.83. The predicted molar refractivity (Wildman–Crippen MR) is 77.1 cm³/mol. The molecule has 0 amide bonds. The van der Waals surface area contributed by atoms with Gasteiger partial charge in [0.05, 0.1) is 6.10 Å². The fraction of sp³-hybridized carbons (Fsp3) is 0.875. The van der Waals surface area contributed by atoms with Gasteiger partial charge in [-0.15, -0.1) is 0 Å². The summed E-state index contributed by atoms with van der Waals surface area (Å²) in [6.45, 7) is 10.8. The van der Waals surface area contributed by atoms with E-state index in [-0.39, 0.29) is 6.10 Å². The number of aliphatic hydroxyl groups excluding tert-OH is 1. The molecule has 0 heterocycles. The van der Waals surface area contributed by atoms with Crippen LogP contribution in [0.15, 0.2) is 12.2 Å². The first kappa shape index (κ1) is 16.7. The van der Waals surface area contributed by atoms with Gasteiger partial charge in [-0.1, -0.05) is 66.0 Å². The van der Waals surface area contributed by atoms with Crippen LogP contribution in [0.4, 0.5) is 0 Å². The molecule has 2 unspecified atom stereocenters. The first-order valence-corrected chi connectivity index (χ1v) is 7.35. The van der Waals surface area contributed by atoms with Gasteiger partial charge in [-0.3, -0.25) is 0 Å². The van der Waals surface area contributed by atoms with Crippen LogP contribution < -0.4 is 0 Å². The standard InChI is InChI=1S/C16H32O/c1-6-7-8-9-10-11-12-15(13(2)3)16(17)14(4)5/h11-17H,6-10H2,1-5H3. The Bertz CT molecular complexity index is 194. The monoisotopic (exact) mass is 240 g/mol. The average Bonchev–Trinajstić information content (AvgIpc) is 2.26. The molecule has 0 aliphatic heterocycles. The summed E-state index contributed by atoms with van der Waals surface area (Å²) in [5.74, 6) is 1.16. The van der Waals surface area contributed by atoms with Gasteiger partial charge in [0.15, 0.2) is 0 Å². The zero-order chi connectivity index (χ0) is 13.3. The van der Waals surface area contributed by atoms with Gasteiger partial charge in [0.25, 0.3) is 0 Å². The Kier molecular flexibility index (Phi) is 9.53. The van der Waals surface area contributed by atoms with Crippen molar-refractivity contribution in [3.63, 3.8) is 0 Å². The maximum absolute atomic E-state index is 10.1. The molecule has 0 aromatic carbocycles. The molecule has 1 N–H and O–H groups in total. The Morgan fingerprint density at radius 2 is 1.59 bits per heavy atom. The number of hydrogen-bond donors (Lipinski definition) is 1. The van der Waals surface area contributed by atoms with Crippen molar-refractivity contribution in [2.45, 2.75) is 72.8 Å². The zero-order valence-corrected chi connectivity index (χ0v) is 12.4. The van der Waals surface area contributed by atoms with Crippen molar-refractivity contribution in [2.24, 2.45) is 17.8 Å². The molecule has 0 bridgehead atoms. The topological polar surface area (TPSA) is 20.2 Å². The van der Waals surface area contributed by atoms with E-state index in [0.717, 1.165) is 6.42 Å². The molecular formula is C16H32O. The van der Waals surface area contributed by atoms with Crippen LogP contribution in [0.5, 0.6) is 0 Å². The van der Waals surface area contributed by atoms with Crippen LogP contribution in [0.25, 0.3) is 0 Å². The summed E-state index contributed by atoms with van der Waals surface area (Å²) < 4.78 is 0. The van der Waals surface area contributed by atoms with Gasteiger partial charge in [0, 0.05) is 5.92 Å². The van der Waals surface area contributed by atoms with Gasteiger partial charge in [-0.05, 0) is 24.7 Å². The number of unbranched alkanes of at least 4 members (excludes halogenated alkanes) is 4. The van der Waals surface area contributed by atoms with Crippen molar-refractivity contribution in [3.8, 4) is 0 Å². The quantitative estimate of drug-likeness (QED) is 0.453. The van der Waals surface area contributed by atoms with Crippen LogP contribution in [-0.2, 0) is 0 Å². The molecule has 0 aliphatic rings. The van der Waals surface area contributed by atoms with Crippen molar-refractivity contribution < 1.29 is 5.11 Å². The highest BCUT2D eigenvalue weighted by molar-refractivity contribution is 4.94. The van der Waals surface area contributed by atoms with Gasteiger partial charge >= 0.3 is 0 Å². The fourth-order valence-corrected chi connectivity index (χ4v) is 2.12. The minimum absolute atomic E-state index is 0.207. The smallest absolute Gasteiger partial charge is 0.0628 e. The molecule has 0 rings (SSSR count). The van der Waals surface area contributed by atoms with E-state index in [1.807, 2.05) is 0 Å². The highest BCUT2D eigenvalue weighted by atomic mass is 16.3. The number of hydrogen-bond acceptors (Lipinski definition) is 1. The lowest BCUT2D eigenvalue weighted by atomic mass is 9.84. The third-order valence-corrected chi connectivity index (χ3v) is 3.43. The summed E-state index contributed by atoms with van der Waals surface area (Å²) in [6.07, 6.45) is 10.7. The minimum atomic E-state index is -0.207. The van der Waals surface area contributed by atoms with E-state index in [1.54, 1.807) is 0 Å². The Morgan fingerprint density at radius 1 is 0.941 bits per heavy atom. The Morgan fingerprint density at radius 3 is 2.06 bits per heavy atom. The number of allylic oxidation sites excluding steroid dienone is 1. The maximum Gasteiger partial charge on any atom is 0.0628 e.